The van der Waals surface area contributed by atoms with Crippen molar-refractivity contribution in [3.8, 4) is 23.0 Å². The fraction of sp³-hybridized carbons (Fsp3) is 0.520. The lowest BCUT2D eigenvalue weighted by atomic mass is 10.00. The predicted molar refractivity (Wildman–Crippen MR) is 123 cm³/mol. The summed E-state index contributed by atoms with van der Waals surface area (Å²) in [6.45, 7) is 1.61. The van der Waals surface area contributed by atoms with Gasteiger partial charge in [0.15, 0.2) is 41.5 Å². The molecule has 4 rings (SSSR count). The Morgan fingerprint density at radius 3 is 2.49 bits per heavy atom. The molecule has 2 heterocycles. The van der Waals surface area contributed by atoms with Crippen molar-refractivity contribution in [1.29, 1.82) is 0 Å². The van der Waals surface area contributed by atoms with E-state index in [1.807, 2.05) is 12.1 Å². The highest BCUT2D eigenvalue weighted by molar-refractivity contribution is 5.47. The molecule has 1 saturated heterocycles. The Bertz CT molecular complexity index is 998. The van der Waals surface area contributed by atoms with Crippen LogP contribution >= 0.6 is 0 Å². The van der Waals surface area contributed by atoms with Gasteiger partial charge in [-0.05, 0) is 49.6 Å². The molecule has 2 aliphatic rings. The number of hydrogen-bond acceptors (Lipinski definition) is 10. The summed E-state index contributed by atoms with van der Waals surface area (Å²) in [7, 11) is 1.46. The number of aliphatic hydroxyl groups excluding tert-OH is 4. The lowest BCUT2D eigenvalue weighted by Crippen LogP contribution is -2.57. The minimum absolute atomic E-state index is 0.00962. The molecule has 0 radical (unpaired) electrons. The topological polar surface area (TPSA) is 147 Å². The third-order valence-corrected chi connectivity index (χ3v) is 6.29. The van der Waals surface area contributed by atoms with Gasteiger partial charge in [0.2, 0.25) is 0 Å². The Labute approximate surface area is 203 Å². The second-order valence-corrected chi connectivity index (χ2v) is 8.75. The van der Waals surface area contributed by atoms with E-state index in [9.17, 15) is 25.5 Å². The maximum absolute atomic E-state index is 10.0. The second kappa shape index (κ2) is 11.0. The molecule has 2 aliphatic heterocycles. The molecule has 192 valence electrons. The van der Waals surface area contributed by atoms with Crippen LogP contribution in [-0.2, 0) is 15.9 Å². The molecule has 35 heavy (non-hydrogen) atoms. The molecule has 10 nitrogen and oxygen atoms in total. The van der Waals surface area contributed by atoms with Crippen molar-refractivity contribution in [2.75, 3.05) is 20.3 Å². The zero-order valence-electron chi connectivity index (χ0n) is 19.6. The monoisotopic (exact) mass is 492 g/mol. The number of phenols is 1. The van der Waals surface area contributed by atoms with Crippen LogP contribution in [0.5, 0.6) is 23.0 Å². The first-order valence-electron chi connectivity index (χ1n) is 11.6. The van der Waals surface area contributed by atoms with Gasteiger partial charge in [-0.15, -0.1) is 0 Å². The molecule has 7 atom stereocenters. The quantitative estimate of drug-likeness (QED) is 0.339. The minimum Gasteiger partial charge on any atom is -0.504 e. The van der Waals surface area contributed by atoms with Crippen LogP contribution in [0.3, 0.4) is 0 Å². The van der Waals surface area contributed by atoms with Crippen molar-refractivity contribution in [3.63, 3.8) is 0 Å². The third-order valence-electron chi connectivity index (χ3n) is 6.29. The first-order chi connectivity index (χ1) is 16.8. The number of fused-ring (bicyclic) bond motifs is 1. The first kappa shape index (κ1) is 25.5. The Morgan fingerprint density at radius 1 is 0.943 bits per heavy atom. The van der Waals surface area contributed by atoms with Crippen LogP contribution in [0.2, 0.25) is 0 Å². The highest BCUT2D eigenvalue weighted by Crippen LogP contribution is 2.41. The maximum atomic E-state index is 10.0. The van der Waals surface area contributed by atoms with Crippen molar-refractivity contribution in [3.05, 3.63) is 47.5 Å². The summed E-state index contributed by atoms with van der Waals surface area (Å²) in [6.07, 6.45) is -5.46. The number of benzene rings is 2. The number of rotatable bonds is 8. The van der Waals surface area contributed by atoms with E-state index in [1.54, 1.807) is 25.1 Å². The van der Waals surface area contributed by atoms with Crippen molar-refractivity contribution >= 4 is 0 Å². The smallest absolute Gasteiger partial charge is 0.186 e. The molecule has 0 aliphatic carbocycles. The summed E-state index contributed by atoms with van der Waals surface area (Å²) < 4.78 is 28.3. The number of aromatic hydroxyl groups is 1. The van der Waals surface area contributed by atoms with Gasteiger partial charge in [0.1, 0.15) is 18.3 Å². The van der Waals surface area contributed by atoms with Gasteiger partial charge in [-0.1, -0.05) is 12.1 Å². The summed E-state index contributed by atoms with van der Waals surface area (Å²) in [5.74, 6) is 1.36. The van der Waals surface area contributed by atoms with Crippen LogP contribution in [-0.4, -0.2) is 82.7 Å². The number of ether oxygens (including phenoxy) is 5. The Balaban J connectivity index is 1.36. The number of phenolic OH excluding ortho intramolecular Hbond substituents is 1. The molecule has 0 amide bonds. The number of methoxy groups -OCH3 is 1. The predicted octanol–water partition coefficient (Wildman–Crippen LogP) is 1.05. The van der Waals surface area contributed by atoms with E-state index < -0.39 is 42.9 Å². The number of aryl methyl sites for hydroxylation is 1. The molecule has 0 spiro atoms. The summed E-state index contributed by atoms with van der Waals surface area (Å²) in [4.78, 5) is 0. The van der Waals surface area contributed by atoms with E-state index in [4.69, 9.17) is 23.7 Å². The molecular weight excluding hydrogens is 460 g/mol. The Hall–Kier alpha value is -2.60. The average Bonchev–Trinajstić information content (AvgIpc) is 2.87. The van der Waals surface area contributed by atoms with Gasteiger partial charge in [0.25, 0.3) is 0 Å². The van der Waals surface area contributed by atoms with Crippen LogP contribution in [0.1, 0.15) is 30.6 Å². The van der Waals surface area contributed by atoms with Gasteiger partial charge in [0.05, 0.1) is 26.4 Å². The van der Waals surface area contributed by atoms with E-state index >= 15 is 0 Å². The van der Waals surface area contributed by atoms with E-state index in [-0.39, 0.29) is 19.0 Å². The molecule has 5 N–H and O–H groups in total. The van der Waals surface area contributed by atoms with Gasteiger partial charge in [-0.3, -0.25) is 0 Å². The SMILES string of the molecule is COc1cc(C2Oc3ccc(CCCOC4OC(C)C(O)C(O)C4O)cc3OC2CO)ccc1O. The van der Waals surface area contributed by atoms with Crippen LogP contribution < -0.4 is 14.2 Å². The molecule has 2 aromatic rings. The first-order valence-corrected chi connectivity index (χ1v) is 11.6. The van der Waals surface area contributed by atoms with Crippen LogP contribution in [0.15, 0.2) is 36.4 Å². The molecule has 10 heteroatoms. The third kappa shape index (κ3) is 5.48. The zero-order chi connectivity index (χ0) is 25.1. The van der Waals surface area contributed by atoms with Crippen molar-refractivity contribution < 1.29 is 49.2 Å². The van der Waals surface area contributed by atoms with Crippen LogP contribution in [0.4, 0.5) is 0 Å². The van der Waals surface area contributed by atoms with Gasteiger partial charge >= 0.3 is 0 Å². The zero-order valence-corrected chi connectivity index (χ0v) is 19.6. The highest BCUT2D eigenvalue weighted by atomic mass is 16.7. The molecular formula is C25H32O10. The molecule has 0 aromatic heterocycles. The van der Waals surface area contributed by atoms with Crippen LogP contribution in [0.25, 0.3) is 0 Å². The summed E-state index contributed by atoms with van der Waals surface area (Å²) in [5, 5.41) is 49.4. The average molecular weight is 493 g/mol. The van der Waals surface area contributed by atoms with Gasteiger partial charge in [0, 0.05) is 5.56 Å². The molecule has 1 fully saturated rings. The van der Waals surface area contributed by atoms with E-state index in [0.717, 1.165) is 5.56 Å². The van der Waals surface area contributed by atoms with E-state index in [0.29, 0.717) is 35.7 Å². The number of hydrogen-bond donors (Lipinski definition) is 5. The van der Waals surface area contributed by atoms with Crippen LogP contribution in [0, 0.1) is 0 Å². The molecule has 7 unspecified atom stereocenters. The second-order valence-electron chi connectivity index (χ2n) is 8.75. The maximum Gasteiger partial charge on any atom is 0.186 e. The fourth-order valence-electron chi connectivity index (χ4n) is 4.25. The van der Waals surface area contributed by atoms with Crippen molar-refractivity contribution in [2.45, 2.75) is 62.7 Å². The van der Waals surface area contributed by atoms with Crippen molar-refractivity contribution in [1.82, 2.24) is 0 Å². The van der Waals surface area contributed by atoms with E-state index in [2.05, 4.69) is 0 Å². The largest absolute Gasteiger partial charge is 0.504 e. The lowest BCUT2D eigenvalue weighted by Gasteiger charge is -2.38. The molecule has 2 aromatic carbocycles. The lowest BCUT2D eigenvalue weighted by molar-refractivity contribution is -0.293. The standard InChI is InChI=1S/C25H32O10/c1-13-21(28)22(29)23(30)25(33-13)32-9-3-4-14-5-8-17-19(10-14)34-20(12-26)24(35-17)15-6-7-16(27)18(11-15)31-2/h5-8,10-11,13,20-30H,3-4,9,12H2,1-2H3. The highest BCUT2D eigenvalue weighted by Gasteiger charge is 2.42. The van der Waals surface area contributed by atoms with Gasteiger partial charge < -0.3 is 49.2 Å². The Kier molecular flexibility index (Phi) is 8.00. The summed E-state index contributed by atoms with van der Waals surface area (Å²) in [5.41, 5.74) is 1.66. The Morgan fingerprint density at radius 2 is 1.74 bits per heavy atom. The molecule has 0 saturated carbocycles. The van der Waals surface area contributed by atoms with Crippen molar-refractivity contribution in [2.24, 2.45) is 0 Å². The van der Waals surface area contributed by atoms with Gasteiger partial charge in [-0.2, -0.15) is 0 Å². The normalized spacial score (nSPS) is 30.2. The molecule has 0 bridgehead atoms. The van der Waals surface area contributed by atoms with E-state index in [1.165, 1.54) is 13.2 Å². The summed E-state index contributed by atoms with van der Waals surface area (Å²) >= 11 is 0. The fourth-order valence-corrected chi connectivity index (χ4v) is 4.25. The van der Waals surface area contributed by atoms with Gasteiger partial charge in [-0.25, -0.2) is 0 Å². The number of aliphatic hydroxyl groups is 4. The summed E-state index contributed by atoms with van der Waals surface area (Å²) in [6, 6.07) is 10.4. The minimum atomic E-state index is -1.33.